The molecule has 4 nitrogen and oxygen atoms in total. The molecule has 1 N–H and O–H groups in total. The number of rotatable bonds is 6. The predicted octanol–water partition coefficient (Wildman–Crippen LogP) is 2.45. The van der Waals surface area contributed by atoms with E-state index < -0.39 is 0 Å². The molecule has 4 heteroatoms. The molecule has 1 atom stereocenters. The molecule has 0 aliphatic carbocycles. The van der Waals surface area contributed by atoms with Gasteiger partial charge in [0, 0.05) is 36.2 Å². The van der Waals surface area contributed by atoms with Crippen molar-refractivity contribution in [2.75, 3.05) is 27.7 Å². The zero-order valence-corrected chi connectivity index (χ0v) is 14.1. The standard InChI is InChI=1S/C17H28N2O2/c1-12-7-13-8-15(20-6)14(9-16(13)21-12)10-18-11-17(2,3)19(4)5/h8-9,12,18H,7,10-11H2,1-6H3. The summed E-state index contributed by atoms with van der Waals surface area (Å²) >= 11 is 0. The lowest BCUT2D eigenvalue weighted by Crippen LogP contribution is -2.46. The summed E-state index contributed by atoms with van der Waals surface area (Å²) in [6, 6.07) is 4.24. The van der Waals surface area contributed by atoms with Crippen LogP contribution in [0.2, 0.25) is 0 Å². The molecule has 0 fully saturated rings. The fourth-order valence-corrected chi connectivity index (χ4v) is 2.47. The second-order valence-electron chi connectivity index (χ2n) is 6.71. The molecule has 1 unspecified atom stereocenters. The number of benzene rings is 1. The van der Waals surface area contributed by atoms with E-state index in [-0.39, 0.29) is 11.6 Å². The van der Waals surface area contributed by atoms with E-state index in [1.807, 2.05) is 0 Å². The van der Waals surface area contributed by atoms with E-state index in [2.05, 4.69) is 57.2 Å². The molecule has 0 saturated carbocycles. The summed E-state index contributed by atoms with van der Waals surface area (Å²) in [5, 5.41) is 3.52. The fourth-order valence-electron chi connectivity index (χ4n) is 2.47. The summed E-state index contributed by atoms with van der Waals surface area (Å²) in [5.74, 6) is 1.95. The van der Waals surface area contributed by atoms with Crippen LogP contribution in [0.25, 0.3) is 0 Å². The van der Waals surface area contributed by atoms with Gasteiger partial charge in [0.1, 0.15) is 17.6 Å². The van der Waals surface area contributed by atoms with Crippen molar-refractivity contribution in [1.29, 1.82) is 0 Å². The minimum atomic E-state index is 0.120. The van der Waals surface area contributed by atoms with Gasteiger partial charge in [0.25, 0.3) is 0 Å². The Morgan fingerprint density at radius 2 is 2.10 bits per heavy atom. The molecule has 21 heavy (non-hydrogen) atoms. The summed E-state index contributed by atoms with van der Waals surface area (Å²) in [4.78, 5) is 2.23. The van der Waals surface area contributed by atoms with Crippen LogP contribution in [0.4, 0.5) is 0 Å². The normalized spacial score (nSPS) is 17.8. The minimum absolute atomic E-state index is 0.120. The van der Waals surface area contributed by atoms with Crippen LogP contribution in [0, 0.1) is 0 Å². The number of methoxy groups -OCH3 is 1. The Morgan fingerprint density at radius 1 is 1.38 bits per heavy atom. The number of nitrogens with one attached hydrogen (secondary N) is 1. The first-order chi connectivity index (χ1) is 9.83. The Balaban J connectivity index is 2.05. The number of hydrogen-bond donors (Lipinski definition) is 1. The molecular formula is C17H28N2O2. The van der Waals surface area contributed by atoms with Crippen molar-refractivity contribution in [3.8, 4) is 11.5 Å². The molecule has 1 aliphatic rings. The Kier molecular flexibility index (Phi) is 4.79. The van der Waals surface area contributed by atoms with Gasteiger partial charge in [-0.05, 0) is 47.0 Å². The van der Waals surface area contributed by atoms with E-state index in [9.17, 15) is 0 Å². The maximum Gasteiger partial charge on any atom is 0.123 e. The molecule has 1 heterocycles. The van der Waals surface area contributed by atoms with Crippen LogP contribution in [-0.2, 0) is 13.0 Å². The van der Waals surface area contributed by atoms with Gasteiger partial charge in [-0.25, -0.2) is 0 Å². The van der Waals surface area contributed by atoms with Crippen molar-refractivity contribution in [1.82, 2.24) is 10.2 Å². The highest BCUT2D eigenvalue weighted by atomic mass is 16.5. The maximum atomic E-state index is 5.84. The molecule has 0 amide bonds. The molecule has 0 spiro atoms. The van der Waals surface area contributed by atoms with E-state index in [1.54, 1.807) is 7.11 Å². The summed E-state index contributed by atoms with van der Waals surface area (Å²) in [6.45, 7) is 8.25. The second kappa shape index (κ2) is 6.24. The van der Waals surface area contributed by atoms with Crippen molar-refractivity contribution in [2.45, 2.75) is 45.4 Å². The van der Waals surface area contributed by atoms with Crippen LogP contribution in [0.1, 0.15) is 31.9 Å². The van der Waals surface area contributed by atoms with Gasteiger partial charge in [-0.1, -0.05) is 0 Å². The van der Waals surface area contributed by atoms with Crippen LogP contribution < -0.4 is 14.8 Å². The number of ether oxygens (including phenoxy) is 2. The molecular weight excluding hydrogens is 264 g/mol. The van der Waals surface area contributed by atoms with Crippen LogP contribution in [0.5, 0.6) is 11.5 Å². The second-order valence-corrected chi connectivity index (χ2v) is 6.71. The third kappa shape index (κ3) is 3.69. The number of hydrogen-bond acceptors (Lipinski definition) is 4. The average Bonchev–Trinajstić information content (AvgIpc) is 2.76. The highest BCUT2D eigenvalue weighted by Crippen LogP contribution is 2.34. The first-order valence-corrected chi connectivity index (χ1v) is 7.58. The summed E-state index contributed by atoms with van der Waals surface area (Å²) in [5.41, 5.74) is 2.52. The van der Waals surface area contributed by atoms with E-state index >= 15 is 0 Å². The first kappa shape index (κ1) is 16.1. The Morgan fingerprint density at radius 3 is 2.71 bits per heavy atom. The van der Waals surface area contributed by atoms with Crippen molar-refractivity contribution in [2.24, 2.45) is 0 Å². The average molecular weight is 292 g/mol. The quantitative estimate of drug-likeness (QED) is 0.873. The molecule has 1 aromatic rings. The highest BCUT2D eigenvalue weighted by Gasteiger charge is 2.23. The number of likely N-dealkylation sites (N-methyl/N-ethyl adjacent to an activating group) is 1. The van der Waals surface area contributed by atoms with Gasteiger partial charge in [-0.15, -0.1) is 0 Å². The van der Waals surface area contributed by atoms with Gasteiger partial charge in [0.15, 0.2) is 0 Å². The Labute approximate surface area is 128 Å². The molecule has 0 bridgehead atoms. The van der Waals surface area contributed by atoms with Gasteiger partial charge >= 0.3 is 0 Å². The maximum absolute atomic E-state index is 5.84. The highest BCUT2D eigenvalue weighted by molar-refractivity contribution is 5.48. The van der Waals surface area contributed by atoms with Crippen molar-refractivity contribution < 1.29 is 9.47 Å². The largest absolute Gasteiger partial charge is 0.496 e. The lowest BCUT2D eigenvalue weighted by Gasteiger charge is -2.32. The topological polar surface area (TPSA) is 33.7 Å². The Hall–Kier alpha value is -1.26. The monoisotopic (exact) mass is 292 g/mol. The molecule has 0 saturated heterocycles. The molecule has 1 aromatic carbocycles. The van der Waals surface area contributed by atoms with Crippen molar-refractivity contribution in [3.63, 3.8) is 0 Å². The summed E-state index contributed by atoms with van der Waals surface area (Å²) < 4.78 is 11.4. The fraction of sp³-hybridized carbons (Fsp3) is 0.647. The first-order valence-electron chi connectivity index (χ1n) is 7.58. The van der Waals surface area contributed by atoms with Crippen LogP contribution in [0.3, 0.4) is 0 Å². The van der Waals surface area contributed by atoms with Gasteiger partial charge in [0.2, 0.25) is 0 Å². The van der Waals surface area contributed by atoms with Crippen LogP contribution in [-0.4, -0.2) is 44.3 Å². The van der Waals surface area contributed by atoms with Gasteiger partial charge in [-0.3, -0.25) is 0 Å². The van der Waals surface area contributed by atoms with Crippen LogP contribution in [0.15, 0.2) is 12.1 Å². The molecule has 1 aliphatic heterocycles. The summed E-state index contributed by atoms with van der Waals surface area (Å²) in [6.07, 6.45) is 1.23. The molecule has 118 valence electrons. The van der Waals surface area contributed by atoms with E-state index in [1.165, 1.54) is 5.56 Å². The van der Waals surface area contributed by atoms with Crippen molar-refractivity contribution in [3.05, 3.63) is 23.3 Å². The Bertz CT molecular complexity index is 498. The molecule has 0 aromatic heterocycles. The SMILES string of the molecule is COc1cc2c(cc1CNCC(C)(C)N(C)C)OC(C)C2. The zero-order valence-electron chi connectivity index (χ0n) is 14.1. The number of fused-ring (bicyclic) bond motifs is 1. The predicted molar refractivity (Wildman–Crippen MR) is 86.3 cm³/mol. The third-order valence-electron chi connectivity index (χ3n) is 4.38. The van der Waals surface area contributed by atoms with Crippen LogP contribution >= 0.6 is 0 Å². The van der Waals surface area contributed by atoms with Gasteiger partial charge in [0.05, 0.1) is 7.11 Å². The molecule has 0 radical (unpaired) electrons. The summed E-state index contributed by atoms with van der Waals surface area (Å²) in [7, 11) is 5.94. The lowest BCUT2D eigenvalue weighted by atomic mass is 10.0. The van der Waals surface area contributed by atoms with E-state index in [0.29, 0.717) is 0 Å². The number of nitrogens with zero attached hydrogens (tertiary/aromatic N) is 1. The minimum Gasteiger partial charge on any atom is -0.496 e. The lowest BCUT2D eigenvalue weighted by molar-refractivity contribution is 0.189. The van der Waals surface area contributed by atoms with Gasteiger partial charge in [-0.2, -0.15) is 0 Å². The van der Waals surface area contributed by atoms with E-state index in [0.717, 1.165) is 36.6 Å². The van der Waals surface area contributed by atoms with E-state index in [4.69, 9.17) is 9.47 Å². The smallest absolute Gasteiger partial charge is 0.123 e. The zero-order chi connectivity index (χ0) is 15.6. The van der Waals surface area contributed by atoms with Crippen molar-refractivity contribution >= 4 is 0 Å². The third-order valence-corrected chi connectivity index (χ3v) is 4.38. The van der Waals surface area contributed by atoms with Gasteiger partial charge < -0.3 is 19.7 Å². The molecule has 2 rings (SSSR count).